The summed E-state index contributed by atoms with van der Waals surface area (Å²) in [6.45, 7) is 2.40. The first kappa shape index (κ1) is 30.2. The van der Waals surface area contributed by atoms with Crippen LogP contribution in [-0.2, 0) is 25.8 Å². The molecule has 1 aliphatic heterocycles. The summed E-state index contributed by atoms with van der Waals surface area (Å²) in [5, 5.41) is 8.94. The Labute approximate surface area is 239 Å². The van der Waals surface area contributed by atoms with E-state index in [1.165, 1.54) is 24.3 Å². The first-order chi connectivity index (χ1) is 19.7. The highest BCUT2D eigenvalue weighted by Gasteiger charge is 2.50. The van der Waals surface area contributed by atoms with Crippen molar-refractivity contribution in [2.24, 2.45) is 4.99 Å². The molecule has 0 aliphatic carbocycles. The summed E-state index contributed by atoms with van der Waals surface area (Å²) in [7, 11) is -3.70. The van der Waals surface area contributed by atoms with E-state index in [2.05, 4.69) is 15.8 Å². The smallest absolute Gasteiger partial charge is 0.266 e. The van der Waals surface area contributed by atoms with Crippen molar-refractivity contribution in [2.75, 3.05) is 25.5 Å². The lowest BCUT2D eigenvalue weighted by atomic mass is 9.90. The SMILES string of the molecule is C[C@@H]1OC(c2ccc(OCCCO)cc2)=N[C@]1(CCS(=O)(=O)c1ccccc1)C(=O)NNCCc1cccc(F)c1. The monoisotopic (exact) mass is 583 g/mol. The van der Waals surface area contributed by atoms with E-state index >= 15 is 0 Å². The molecule has 3 aromatic carbocycles. The number of amides is 1. The second kappa shape index (κ2) is 13.7. The van der Waals surface area contributed by atoms with Crippen LogP contribution < -0.4 is 15.6 Å². The molecule has 1 aliphatic rings. The predicted molar refractivity (Wildman–Crippen MR) is 153 cm³/mol. The zero-order valence-electron chi connectivity index (χ0n) is 22.8. The molecule has 3 aromatic rings. The number of nitrogens with zero attached hydrogens (tertiary/aromatic N) is 1. The Hall–Kier alpha value is -3.80. The lowest BCUT2D eigenvalue weighted by Crippen LogP contribution is -2.55. The fourth-order valence-electron chi connectivity index (χ4n) is 4.44. The summed E-state index contributed by atoms with van der Waals surface area (Å²) in [6, 6.07) is 21.2. The standard InChI is InChI=1S/C30H34FN3O6S/c1-22-30(16-20-41(37,38)27-9-3-2-4-10-27,29(36)34-32-17-15-23-7-5-8-25(31)21-23)33-28(40-22)24-11-13-26(14-12-24)39-19-6-18-35/h2-5,7-14,21-22,32,35H,6,15-20H2,1H3,(H,34,36)/t22-,30-/m0/s1. The van der Waals surface area contributed by atoms with Gasteiger partial charge in [-0.05, 0) is 73.9 Å². The number of hydrazine groups is 1. The molecule has 2 atom stereocenters. The fraction of sp³-hybridized carbons (Fsp3) is 0.333. The van der Waals surface area contributed by atoms with E-state index < -0.39 is 27.4 Å². The maximum atomic E-state index is 13.6. The number of halogens is 1. The van der Waals surface area contributed by atoms with Crippen molar-refractivity contribution in [1.82, 2.24) is 10.9 Å². The molecule has 0 spiro atoms. The number of hydrogen-bond donors (Lipinski definition) is 3. The van der Waals surface area contributed by atoms with Gasteiger partial charge in [0, 0.05) is 25.1 Å². The first-order valence-electron chi connectivity index (χ1n) is 13.4. The largest absolute Gasteiger partial charge is 0.494 e. The number of nitrogens with one attached hydrogen (secondary N) is 2. The molecule has 41 heavy (non-hydrogen) atoms. The third kappa shape index (κ3) is 7.69. The highest BCUT2D eigenvalue weighted by molar-refractivity contribution is 7.91. The maximum absolute atomic E-state index is 13.6. The summed E-state index contributed by atoms with van der Waals surface area (Å²) < 4.78 is 51.3. The van der Waals surface area contributed by atoms with Gasteiger partial charge >= 0.3 is 0 Å². The summed E-state index contributed by atoms with van der Waals surface area (Å²) in [4.78, 5) is 18.5. The van der Waals surface area contributed by atoms with Crippen LogP contribution in [0.3, 0.4) is 0 Å². The molecule has 0 bridgehead atoms. The molecular formula is C30H34FN3O6S. The van der Waals surface area contributed by atoms with Crippen LogP contribution in [0, 0.1) is 5.82 Å². The van der Waals surface area contributed by atoms with E-state index in [9.17, 15) is 17.6 Å². The number of benzene rings is 3. The minimum atomic E-state index is -3.70. The molecule has 0 fully saturated rings. The van der Waals surface area contributed by atoms with E-state index in [0.717, 1.165) is 5.56 Å². The maximum Gasteiger partial charge on any atom is 0.266 e. The Balaban J connectivity index is 1.52. The van der Waals surface area contributed by atoms with Crippen molar-refractivity contribution < 1.29 is 32.2 Å². The lowest BCUT2D eigenvalue weighted by Gasteiger charge is -2.28. The molecule has 4 rings (SSSR count). The molecule has 218 valence electrons. The number of rotatable bonds is 14. The topological polar surface area (TPSA) is 126 Å². The van der Waals surface area contributed by atoms with E-state index in [4.69, 9.17) is 14.6 Å². The molecule has 0 saturated carbocycles. The third-order valence-electron chi connectivity index (χ3n) is 6.81. The van der Waals surface area contributed by atoms with Crippen LogP contribution >= 0.6 is 0 Å². The molecule has 0 radical (unpaired) electrons. The van der Waals surface area contributed by atoms with Crippen molar-refractivity contribution in [3.63, 3.8) is 0 Å². The van der Waals surface area contributed by atoms with Crippen LogP contribution in [-0.4, -0.2) is 62.5 Å². The van der Waals surface area contributed by atoms with Gasteiger partial charge < -0.3 is 14.6 Å². The molecule has 1 heterocycles. The number of sulfone groups is 1. The zero-order valence-corrected chi connectivity index (χ0v) is 23.6. The normalized spacial score (nSPS) is 18.4. The number of aliphatic hydroxyl groups excluding tert-OH is 1. The molecule has 11 heteroatoms. The van der Waals surface area contributed by atoms with Gasteiger partial charge in [0.1, 0.15) is 17.7 Å². The van der Waals surface area contributed by atoms with Gasteiger partial charge in [-0.15, -0.1) is 0 Å². The molecule has 0 unspecified atom stereocenters. The first-order valence-corrected chi connectivity index (χ1v) is 15.0. The predicted octanol–water partition coefficient (Wildman–Crippen LogP) is 3.22. The molecule has 0 saturated heterocycles. The van der Waals surface area contributed by atoms with Crippen molar-refractivity contribution >= 4 is 21.6 Å². The number of aliphatic hydroxyl groups is 1. The molecule has 0 aromatic heterocycles. The number of ether oxygens (including phenoxy) is 2. The summed E-state index contributed by atoms with van der Waals surface area (Å²) in [5.41, 5.74) is 5.36. The molecular weight excluding hydrogens is 549 g/mol. The Morgan fingerprint density at radius 2 is 1.85 bits per heavy atom. The van der Waals surface area contributed by atoms with Crippen molar-refractivity contribution in [2.45, 2.75) is 42.7 Å². The van der Waals surface area contributed by atoms with E-state index in [1.54, 1.807) is 61.5 Å². The number of aliphatic imine (C=N–C) groups is 1. The number of carbonyl (C=O) groups is 1. The Morgan fingerprint density at radius 1 is 1.10 bits per heavy atom. The van der Waals surface area contributed by atoms with Gasteiger partial charge in [-0.25, -0.2) is 23.2 Å². The molecule has 9 nitrogen and oxygen atoms in total. The lowest BCUT2D eigenvalue weighted by molar-refractivity contribution is -0.129. The Kier molecular flexibility index (Phi) is 10.1. The van der Waals surface area contributed by atoms with Gasteiger partial charge in [0.25, 0.3) is 5.91 Å². The third-order valence-corrected chi connectivity index (χ3v) is 8.54. The average Bonchev–Trinajstić information content (AvgIpc) is 3.32. The minimum Gasteiger partial charge on any atom is -0.494 e. The van der Waals surface area contributed by atoms with Crippen LogP contribution in [0.2, 0.25) is 0 Å². The van der Waals surface area contributed by atoms with Crippen molar-refractivity contribution in [1.29, 1.82) is 0 Å². The van der Waals surface area contributed by atoms with Gasteiger partial charge in [-0.3, -0.25) is 10.2 Å². The van der Waals surface area contributed by atoms with Crippen LogP contribution in [0.25, 0.3) is 0 Å². The fourth-order valence-corrected chi connectivity index (χ4v) is 5.83. The van der Waals surface area contributed by atoms with Crippen LogP contribution in [0.4, 0.5) is 4.39 Å². The van der Waals surface area contributed by atoms with E-state index in [0.29, 0.717) is 37.3 Å². The minimum absolute atomic E-state index is 0.0322. The highest BCUT2D eigenvalue weighted by atomic mass is 32.2. The van der Waals surface area contributed by atoms with Crippen LogP contribution in [0.15, 0.2) is 88.8 Å². The second-order valence-corrected chi connectivity index (χ2v) is 11.8. The van der Waals surface area contributed by atoms with E-state index in [1.807, 2.05) is 0 Å². The summed E-state index contributed by atoms with van der Waals surface area (Å²) in [6.07, 6.45) is 0.0820. The number of hydrogen-bond acceptors (Lipinski definition) is 8. The van der Waals surface area contributed by atoms with Crippen molar-refractivity contribution in [3.8, 4) is 5.75 Å². The zero-order chi connectivity index (χ0) is 29.3. The number of carbonyl (C=O) groups excluding carboxylic acids is 1. The molecule has 3 N–H and O–H groups in total. The van der Waals surface area contributed by atoms with Crippen molar-refractivity contribution in [3.05, 3.63) is 95.8 Å². The van der Waals surface area contributed by atoms with Crippen LogP contribution in [0.1, 0.15) is 30.9 Å². The van der Waals surface area contributed by atoms with Gasteiger partial charge in [0.15, 0.2) is 15.4 Å². The van der Waals surface area contributed by atoms with Crippen LogP contribution in [0.5, 0.6) is 5.75 Å². The summed E-state index contributed by atoms with van der Waals surface area (Å²) in [5.74, 6) is -0.378. The highest BCUT2D eigenvalue weighted by Crippen LogP contribution is 2.33. The van der Waals surface area contributed by atoms with Gasteiger partial charge in [0.2, 0.25) is 5.90 Å². The van der Waals surface area contributed by atoms with Gasteiger partial charge in [0.05, 0.1) is 17.3 Å². The Bertz CT molecular complexity index is 1450. The van der Waals surface area contributed by atoms with Gasteiger partial charge in [-0.1, -0.05) is 30.3 Å². The van der Waals surface area contributed by atoms with Gasteiger partial charge in [-0.2, -0.15) is 0 Å². The summed E-state index contributed by atoms with van der Waals surface area (Å²) >= 11 is 0. The quantitative estimate of drug-likeness (QED) is 0.197. The van der Waals surface area contributed by atoms with E-state index in [-0.39, 0.29) is 35.4 Å². The Morgan fingerprint density at radius 3 is 2.56 bits per heavy atom. The molecule has 1 amide bonds. The second-order valence-electron chi connectivity index (χ2n) is 9.69. The average molecular weight is 584 g/mol.